The fourth-order valence-corrected chi connectivity index (χ4v) is 4.61. The molecule has 0 radical (unpaired) electrons. The van der Waals surface area contributed by atoms with Gasteiger partial charge < -0.3 is 20.7 Å². The number of thiophene rings is 1. The van der Waals surface area contributed by atoms with Crippen LogP contribution < -0.4 is 16.0 Å². The highest BCUT2D eigenvalue weighted by molar-refractivity contribution is 7.18. The molecule has 0 spiro atoms. The van der Waals surface area contributed by atoms with Crippen molar-refractivity contribution in [3.63, 3.8) is 0 Å². The first-order chi connectivity index (χ1) is 13.5. The largest absolute Gasteiger partial charge is 0.462 e. The topological polar surface area (TPSA) is 96.5 Å². The number of hydrogen-bond donors (Lipinski definition) is 3. The minimum atomic E-state index is -0.533. The van der Waals surface area contributed by atoms with E-state index >= 15 is 0 Å². The van der Waals surface area contributed by atoms with Crippen molar-refractivity contribution >= 4 is 34.1 Å². The van der Waals surface area contributed by atoms with Gasteiger partial charge in [-0.2, -0.15) is 0 Å². The normalized spacial score (nSPS) is 15.4. The summed E-state index contributed by atoms with van der Waals surface area (Å²) >= 11 is 1.10. The highest BCUT2D eigenvalue weighted by Gasteiger charge is 2.26. The van der Waals surface area contributed by atoms with Gasteiger partial charge in [0.15, 0.2) is 0 Å². The van der Waals surface area contributed by atoms with Crippen molar-refractivity contribution in [1.82, 2.24) is 10.6 Å². The van der Waals surface area contributed by atoms with Crippen LogP contribution in [-0.2, 0) is 9.53 Å². The second-order valence-corrected chi connectivity index (χ2v) is 8.05. The number of carbonyl (C=O) groups excluding carboxylic acids is 3. The summed E-state index contributed by atoms with van der Waals surface area (Å²) < 4.78 is 5.11. The van der Waals surface area contributed by atoms with Crippen LogP contribution in [0, 0.1) is 6.92 Å². The highest BCUT2D eigenvalue weighted by atomic mass is 32.1. The lowest BCUT2D eigenvalue weighted by atomic mass is 9.97. The second kappa shape index (κ2) is 11.2. The van der Waals surface area contributed by atoms with Gasteiger partial charge in [-0.15, -0.1) is 11.3 Å². The number of amides is 2. The van der Waals surface area contributed by atoms with Gasteiger partial charge in [0.25, 0.3) is 5.91 Å². The maximum Gasteiger partial charge on any atom is 0.341 e. The molecule has 1 heterocycles. The summed E-state index contributed by atoms with van der Waals surface area (Å²) in [6, 6.07) is 0.349. The van der Waals surface area contributed by atoms with E-state index in [2.05, 4.69) is 16.0 Å². The van der Waals surface area contributed by atoms with E-state index in [0.717, 1.165) is 24.2 Å². The summed E-state index contributed by atoms with van der Waals surface area (Å²) in [6.45, 7) is 3.81. The van der Waals surface area contributed by atoms with E-state index in [4.69, 9.17) is 4.74 Å². The molecule has 2 rings (SSSR count). The molecule has 0 bridgehead atoms. The summed E-state index contributed by atoms with van der Waals surface area (Å²) in [5.41, 5.74) is 0.774. The Balaban J connectivity index is 2.07. The summed E-state index contributed by atoms with van der Waals surface area (Å²) in [6.07, 6.45) is 8.35. The lowest BCUT2D eigenvalue weighted by molar-refractivity contribution is -0.115. The van der Waals surface area contributed by atoms with Gasteiger partial charge in [-0.1, -0.05) is 32.1 Å². The molecule has 1 aromatic heterocycles. The fourth-order valence-electron chi connectivity index (χ4n) is 3.45. The molecule has 156 valence electrons. The van der Waals surface area contributed by atoms with Crippen LogP contribution in [0.3, 0.4) is 0 Å². The van der Waals surface area contributed by atoms with E-state index in [1.165, 1.54) is 39.2 Å². The molecular weight excluding hydrogens is 378 g/mol. The molecule has 0 saturated heterocycles. The van der Waals surface area contributed by atoms with Crippen LogP contribution in [0.25, 0.3) is 0 Å². The lowest BCUT2D eigenvalue weighted by Gasteiger charge is -2.20. The van der Waals surface area contributed by atoms with Gasteiger partial charge in [0.1, 0.15) is 5.00 Å². The number of rotatable bonds is 7. The number of ether oxygens (including phenoxy) is 1. The standard InChI is InChI=1S/C20H31N3O4S/c1-4-27-20(26)16-13(2)17(18(25)21-3)28-19(16)23-15(24)12-22-14-10-8-6-5-7-9-11-14/h14,22H,4-12H2,1-3H3,(H,21,25)(H,23,24). The smallest absolute Gasteiger partial charge is 0.341 e. The molecule has 0 unspecified atom stereocenters. The van der Waals surface area contributed by atoms with Gasteiger partial charge in [0.2, 0.25) is 5.91 Å². The van der Waals surface area contributed by atoms with Crippen molar-refractivity contribution in [1.29, 1.82) is 0 Å². The molecule has 0 atom stereocenters. The van der Waals surface area contributed by atoms with E-state index in [1.54, 1.807) is 13.8 Å². The number of carbonyl (C=O) groups is 3. The van der Waals surface area contributed by atoms with E-state index in [-0.39, 0.29) is 30.5 Å². The lowest BCUT2D eigenvalue weighted by Crippen LogP contribution is -2.36. The number of nitrogens with one attached hydrogen (secondary N) is 3. The van der Waals surface area contributed by atoms with Gasteiger partial charge in [0, 0.05) is 13.1 Å². The average molecular weight is 410 g/mol. The summed E-state index contributed by atoms with van der Waals surface area (Å²) in [5.74, 6) is -1.05. The Morgan fingerprint density at radius 2 is 1.75 bits per heavy atom. The number of anilines is 1. The molecule has 1 aliphatic carbocycles. The first-order valence-electron chi connectivity index (χ1n) is 10.0. The third-order valence-electron chi connectivity index (χ3n) is 4.97. The number of hydrogen-bond acceptors (Lipinski definition) is 6. The minimum Gasteiger partial charge on any atom is -0.462 e. The Hall–Kier alpha value is -1.93. The SMILES string of the molecule is CCOC(=O)c1c(NC(=O)CNC2CCCCCCC2)sc(C(=O)NC)c1C. The van der Waals surface area contributed by atoms with Gasteiger partial charge in [-0.05, 0) is 32.3 Å². The molecule has 28 heavy (non-hydrogen) atoms. The Bertz CT molecular complexity index is 694. The van der Waals surface area contributed by atoms with Gasteiger partial charge in [-0.3, -0.25) is 9.59 Å². The molecule has 2 amide bonds. The van der Waals surface area contributed by atoms with Crippen molar-refractivity contribution < 1.29 is 19.1 Å². The van der Waals surface area contributed by atoms with Crippen molar-refractivity contribution in [3.8, 4) is 0 Å². The maximum absolute atomic E-state index is 12.5. The quantitative estimate of drug-likeness (QED) is 0.601. The van der Waals surface area contributed by atoms with Crippen molar-refractivity contribution in [3.05, 3.63) is 16.0 Å². The summed E-state index contributed by atoms with van der Waals surface area (Å²) in [4.78, 5) is 37.3. The van der Waals surface area contributed by atoms with Gasteiger partial charge in [0.05, 0.1) is 23.6 Å². The molecule has 7 nitrogen and oxygen atoms in total. The monoisotopic (exact) mass is 409 g/mol. The maximum atomic E-state index is 12.5. The van der Waals surface area contributed by atoms with Crippen LogP contribution in [0.15, 0.2) is 0 Å². The molecule has 0 aromatic carbocycles. The van der Waals surface area contributed by atoms with Crippen molar-refractivity contribution in [2.45, 2.75) is 64.8 Å². The Morgan fingerprint density at radius 1 is 1.11 bits per heavy atom. The van der Waals surface area contributed by atoms with Crippen molar-refractivity contribution in [2.24, 2.45) is 0 Å². The minimum absolute atomic E-state index is 0.180. The molecule has 1 aliphatic rings. The highest BCUT2D eigenvalue weighted by Crippen LogP contribution is 2.33. The van der Waals surface area contributed by atoms with E-state index in [0.29, 0.717) is 21.5 Å². The van der Waals surface area contributed by atoms with Gasteiger partial charge in [-0.25, -0.2) is 4.79 Å². The zero-order valence-electron chi connectivity index (χ0n) is 17.0. The summed E-state index contributed by atoms with van der Waals surface area (Å²) in [7, 11) is 1.53. The Morgan fingerprint density at radius 3 is 2.36 bits per heavy atom. The number of esters is 1. The van der Waals surface area contributed by atoms with Gasteiger partial charge >= 0.3 is 5.97 Å². The molecule has 1 aromatic rings. The fraction of sp³-hybridized carbons (Fsp3) is 0.650. The zero-order valence-corrected chi connectivity index (χ0v) is 17.8. The summed E-state index contributed by atoms with van der Waals surface area (Å²) in [5, 5.41) is 9.05. The molecular formula is C20H31N3O4S. The van der Waals surface area contributed by atoms with Crippen LogP contribution in [-0.4, -0.2) is 44.0 Å². The van der Waals surface area contributed by atoms with Crippen molar-refractivity contribution in [2.75, 3.05) is 25.5 Å². The predicted octanol–water partition coefficient (Wildman–Crippen LogP) is 3.23. The third-order valence-corrected chi connectivity index (χ3v) is 6.18. The predicted molar refractivity (Wildman–Crippen MR) is 111 cm³/mol. The van der Waals surface area contributed by atoms with E-state index in [9.17, 15) is 14.4 Å². The van der Waals surface area contributed by atoms with Crippen LogP contribution in [0.2, 0.25) is 0 Å². The van der Waals surface area contributed by atoms with Crippen LogP contribution in [0.4, 0.5) is 5.00 Å². The third kappa shape index (κ3) is 6.04. The molecule has 8 heteroatoms. The van der Waals surface area contributed by atoms with Crippen LogP contribution in [0.1, 0.15) is 77.5 Å². The second-order valence-electron chi connectivity index (χ2n) is 7.03. The molecule has 3 N–H and O–H groups in total. The van der Waals surface area contributed by atoms with E-state index < -0.39 is 5.97 Å². The van der Waals surface area contributed by atoms with Crippen LogP contribution in [0.5, 0.6) is 0 Å². The Kier molecular flexibility index (Phi) is 8.92. The first-order valence-corrected chi connectivity index (χ1v) is 10.8. The average Bonchev–Trinajstić information content (AvgIpc) is 2.96. The van der Waals surface area contributed by atoms with Crippen LogP contribution >= 0.6 is 11.3 Å². The Labute approximate surface area is 170 Å². The first kappa shape index (κ1) is 22.4. The van der Waals surface area contributed by atoms with E-state index in [1.807, 2.05) is 0 Å². The molecule has 1 saturated carbocycles. The molecule has 0 aliphatic heterocycles. The zero-order chi connectivity index (χ0) is 20.5. The molecule has 1 fully saturated rings.